The van der Waals surface area contributed by atoms with Crippen molar-refractivity contribution in [3.8, 4) is 0 Å². The minimum atomic E-state index is -2.45. The number of fused-ring (bicyclic) bond motifs is 2. The highest BCUT2D eigenvalue weighted by Gasteiger charge is 2.43. The van der Waals surface area contributed by atoms with Gasteiger partial charge >= 0.3 is 0 Å². The molecule has 0 radical (unpaired) electrons. The molecule has 1 aliphatic carbocycles. The van der Waals surface area contributed by atoms with Crippen molar-refractivity contribution in [3.63, 3.8) is 0 Å². The Morgan fingerprint density at radius 2 is 1.70 bits per heavy atom. The Labute approximate surface area is 302 Å². The molecule has 3 aliphatic heterocycles. The number of aromatic carboxylic acids is 1. The van der Waals surface area contributed by atoms with Gasteiger partial charge in [0.25, 0.3) is 0 Å². The molecule has 0 aromatic heterocycles. The van der Waals surface area contributed by atoms with Crippen LogP contribution >= 0.6 is 23.4 Å². The molecule has 4 aliphatic rings. The Balaban J connectivity index is 1.33. The van der Waals surface area contributed by atoms with Crippen molar-refractivity contribution in [2.45, 2.75) is 56.5 Å². The number of hydrogen-bond donors (Lipinski definition) is 0. The van der Waals surface area contributed by atoms with Crippen LogP contribution in [0.15, 0.2) is 52.1 Å². The Bertz CT molecular complexity index is 1770. The second-order valence-electron chi connectivity index (χ2n) is 13.6. The van der Waals surface area contributed by atoms with E-state index in [0.29, 0.717) is 36.8 Å². The van der Waals surface area contributed by atoms with Crippen LogP contribution in [-0.2, 0) is 9.47 Å². The summed E-state index contributed by atoms with van der Waals surface area (Å²) in [7, 11) is -2.45. The van der Waals surface area contributed by atoms with E-state index in [1.54, 1.807) is 0 Å². The summed E-state index contributed by atoms with van der Waals surface area (Å²) in [6.45, 7) is 9.67. The number of thioether (sulfide) groups is 1. The molecule has 268 valence electrons. The Morgan fingerprint density at radius 3 is 2.36 bits per heavy atom. The average Bonchev–Trinajstić information content (AvgIpc) is 3.04. The molecule has 2 saturated heterocycles. The fraction of sp³-hybridized carbons (Fsp3) is 0.474. The molecule has 2 aromatic carbocycles. The molecule has 6 nitrogen and oxygen atoms in total. The van der Waals surface area contributed by atoms with Gasteiger partial charge in [-0.2, -0.15) is 0 Å². The minimum Gasteiger partial charge on any atom is -0.545 e. The smallest absolute Gasteiger partial charge is 0.199 e. The molecular formula is C38H44ClF3N2O4SSi. The van der Waals surface area contributed by atoms with Crippen molar-refractivity contribution in [3.05, 3.63) is 81.3 Å². The third kappa shape index (κ3) is 7.39. The lowest BCUT2D eigenvalue weighted by molar-refractivity contribution is -0.582. The zero-order chi connectivity index (χ0) is 35.4. The number of allylic oxidation sites excluding steroid dienone is 5. The van der Waals surface area contributed by atoms with E-state index in [0.717, 1.165) is 98.2 Å². The number of rotatable bonds is 16. The summed E-state index contributed by atoms with van der Waals surface area (Å²) in [6.07, 6.45) is 12.2. The van der Waals surface area contributed by atoms with Gasteiger partial charge in [0.05, 0.1) is 37.1 Å². The van der Waals surface area contributed by atoms with Crippen LogP contribution in [0.1, 0.15) is 60.0 Å². The van der Waals surface area contributed by atoms with Gasteiger partial charge in [-0.15, -0.1) is 23.4 Å². The minimum absolute atomic E-state index is 0.122. The lowest BCUT2D eigenvalue weighted by atomic mass is 9.86. The summed E-state index contributed by atoms with van der Waals surface area (Å²) in [5.74, 6) is -5.47. The van der Waals surface area contributed by atoms with Gasteiger partial charge < -0.3 is 24.3 Å². The lowest BCUT2D eigenvalue weighted by Crippen LogP contribution is -2.50. The maximum atomic E-state index is 16.9. The van der Waals surface area contributed by atoms with Gasteiger partial charge in [0.15, 0.2) is 17.3 Å². The number of nitrogens with zero attached hydrogens (tertiary/aromatic N) is 2. The van der Waals surface area contributed by atoms with Crippen LogP contribution in [0.25, 0.3) is 5.57 Å². The predicted molar refractivity (Wildman–Crippen MR) is 195 cm³/mol. The SMILES string of the molecule is C[Si]1(C)C2=CC(=[N+]3CCC3)C=CC2=C(c2c(F)c(SCCOCCOCCCCCCCl)c(F)c(F)c2C(=O)[O-])c2ccc(N3CCC3)cc21. The molecular weight excluding hydrogens is 701 g/mol. The molecule has 0 N–H and O–H groups in total. The number of benzene rings is 2. The number of hydrogen-bond acceptors (Lipinski definition) is 6. The van der Waals surface area contributed by atoms with Gasteiger partial charge in [-0.3, -0.25) is 0 Å². The maximum absolute atomic E-state index is 16.9. The predicted octanol–water partition coefficient (Wildman–Crippen LogP) is 6.23. The molecule has 12 heteroatoms. The number of alkyl halides is 1. The lowest BCUT2D eigenvalue weighted by Gasteiger charge is -2.40. The van der Waals surface area contributed by atoms with Gasteiger partial charge in [-0.25, -0.2) is 17.7 Å². The highest BCUT2D eigenvalue weighted by molar-refractivity contribution is 7.99. The molecule has 0 spiro atoms. The molecule has 2 fully saturated rings. The number of carboxylic acid groups (broad SMARTS) is 1. The molecule has 6 rings (SSSR count). The maximum Gasteiger partial charge on any atom is 0.199 e. The van der Waals surface area contributed by atoms with Crippen LogP contribution in [0.3, 0.4) is 0 Å². The average molecular weight is 745 g/mol. The number of carbonyl (C=O) groups is 1. The Morgan fingerprint density at radius 1 is 0.960 bits per heavy atom. The Kier molecular flexibility index (Phi) is 12.0. The highest BCUT2D eigenvalue weighted by Crippen LogP contribution is 2.46. The van der Waals surface area contributed by atoms with Crippen molar-refractivity contribution in [1.29, 1.82) is 0 Å². The summed E-state index contributed by atoms with van der Waals surface area (Å²) in [5, 5.41) is 14.6. The van der Waals surface area contributed by atoms with E-state index in [9.17, 15) is 9.90 Å². The van der Waals surface area contributed by atoms with Crippen molar-refractivity contribution in [2.75, 3.05) is 69.1 Å². The third-order valence-corrected chi connectivity index (χ3v) is 14.9. The van der Waals surface area contributed by atoms with Gasteiger partial charge in [-0.05, 0) is 64.6 Å². The molecule has 2 aromatic rings. The fourth-order valence-corrected chi connectivity index (χ4v) is 11.1. The third-order valence-electron chi connectivity index (χ3n) is 10.1. The first kappa shape index (κ1) is 36.9. The van der Waals surface area contributed by atoms with Crippen LogP contribution in [0.4, 0.5) is 18.9 Å². The number of anilines is 1. The van der Waals surface area contributed by atoms with Gasteiger partial charge in [-0.1, -0.05) is 32.0 Å². The standard InChI is InChI=1S/C38H44ClF3N2O4SSi/c1-50(2)29-23-25(43-14-7-15-43)9-11-27(29)31(28-12-10-26(24-30(28)50)44-16-8-17-44)32-33(38(45)46)34(40)36(42)37(35(32)41)49-22-21-48-20-19-47-18-6-4-3-5-13-39/h9-12,23-24H,3-8,13-22H2,1-2H3. The van der Waals surface area contributed by atoms with Crippen molar-refractivity contribution in [1.82, 2.24) is 0 Å². The van der Waals surface area contributed by atoms with E-state index in [2.05, 4.69) is 34.7 Å². The van der Waals surface area contributed by atoms with Gasteiger partial charge in [0.2, 0.25) is 0 Å². The van der Waals surface area contributed by atoms with E-state index < -0.39 is 47.5 Å². The second kappa shape index (κ2) is 16.2. The van der Waals surface area contributed by atoms with E-state index >= 15 is 13.2 Å². The van der Waals surface area contributed by atoms with E-state index in [-0.39, 0.29) is 17.9 Å². The molecule has 0 saturated carbocycles. The molecule has 50 heavy (non-hydrogen) atoms. The Hall–Kier alpha value is -2.83. The van der Waals surface area contributed by atoms with Crippen LogP contribution < -0.4 is 15.2 Å². The van der Waals surface area contributed by atoms with Gasteiger partial charge in [0, 0.05) is 60.3 Å². The number of carboxylic acids is 1. The van der Waals surface area contributed by atoms with E-state index in [1.165, 1.54) is 0 Å². The molecule has 0 amide bonds. The number of ether oxygens (including phenoxy) is 2. The first-order valence-corrected chi connectivity index (χ1v) is 22.1. The van der Waals surface area contributed by atoms with Crippen LogP contribution in [0.2, 0.25) is 13.1 Å². The van der Waals surface area contributed by atoms with Crippen molar-refractivity contribution < 1.29 is 37.1 Å². The summed E-state index contributed by atoms with van der Waals surface area (Å²) >= 11 is 6.46. The first-order chi connectivity index (χ1) is 24.1. The van der Waals surface area contributed by atoms with Crippen LogP contribution in [0, 0.1) is 17.5 Å². The topological polar surface area (TPSA) is 64.8 Å². The summed E-state index contributed by atoms with van der Waals surface area (Å²) in [6, 6.07) is 5.98. The summed E-state index contributed by atoms with van der Waals surface area (Å²) in [5.41, 5.74) is 2.04. The van der Waals surface area contributed by atoms with E-state index in [1.807, 2.05) is 24.3 Å². The molecule has 0 bridgehead atoms. The number of carbonyl (C=O) groups excluding carboxylic acids is 1. The monoisotopic (exact) mass is 744 g/mol. The zero-order valence-corrected chi connectivity index (χ0v) is 31.3. The van der Waals surface area contributed by atoms with Crippen molar-refractivity contribution in [2.24, 2.45) is 0 Å². The zero-order valence-electron chi connectivity index (χ0n) is 28.7. The summed E-state index contributed by atoms with van der Waals surface area (Å²) in [4.78, 5) is 14.3. The molecule has 0 unspecified atom stereocenters. The normalized spacial score (nSPS) is 17.7. The van der Waals surface area contributed by atoms with Crippen LogP contribution in [0.5, 0.6) is 0 Å². The number of unbranched alkanes of at least 4 members (excludes halogenated alkanes) is 3. The largest absolute Gasteiger partial charge is 0.545 e. The fourth-order valence-electron chi connectivity index (χ4n) is 7.01. The molecule has 0 atom stereocenters. The molecule has 3 heterocycles. The van der Waals surface area contributed by atoms with E-state index in [4.69, 9.17) is 21.1 Å². The van der Waals surface area contributed by atoms with Crippen LogP contribution in [-0.4, -0.2) is 88.6 Å². The van der Waals surface area contributed by atoms with Crippen molar-refractivity contribution >= 4 is 59.6 Å². The number of halogens is 4. The second-order valence-corrected chi connectivity index (χ2v) is 19.4. The first-order valence-electron chi connectivity index (χ1n) is 17.6. The summed E-state index contributed by atoms with van der Waals surface area (Å²) < 4.78 is 61.7. The van der Waals surface area contributed by atoms with Gasteiger partial charge in [0.1, 0.15) is 27.0 Å². The highest BCUT2D eigenvalue weighted by atomic mass is 35.5. The quantitative estimate of drug-likeness (QED) is 0.0508.